The molecule has 0 aliphatic carbocycles. The van der Waals surface area contributed by atoms with Gasteiger partial charge in [-0.1, -0.05) is 36.7 Å². The number of methoxy groups -OCH3 is 1. The molecule has 3 heteroatoms. The molecule has 0 fully saturated rings. The van der Waals surface area contributed by atoms with Crippen LogP contribution in [0.25, 0.3) is 0 Å². The van der Waals surface area contributed by atoms with Crippen molar-refractivity contribution in [3.8, 4) is 5.75 Å². The molecule has 1 aromatic carbocycles. The number of rotatable bonds is 6. The predicted molar refractivity (Wildman–Crippen MR) is 76.4 cm³/mol. The fourth-order valence-corrected chi connectivity index (χ4v) is 1.87. The van der Waals surface area contributed by atoms with Gasteiger partial charge in [0.2, 0.25) is 0 Å². The summed E-state index contributed by atoms with van der Waals surface area (Å²) in [6.07, 6.45) is 0. The summed E-state index contributed by atoms with van der Waals surface area (Å²) in [5.74, 6) is 2.32. The minimum Gasteiger partial charge on any atom is -0.497 e. The smallest absolute Gasteiger partial charge is 0.119 e. The van der Waals surface area contributed by atoms with Gasteiger partial charge in [0.1, 0.15) is 5.75 Å². The van der Waals surface area contributed by atoms with Crippen LogP contribution in [0.2, 0.25) is 0 Å². The Kier molecular flexibility index (Phi) is 6.00. The molecule has 0 saturated heterocycles. The van der Waals surface area contributed by atoms with Gasteiger partial charge in [-0.15, -0.1) is 0 Å². The van der Waals surface area contributed by atoms with E-state index in [1.165, 1.54) is 5.56 Å². The average molecular weight is 300 g/mol. The molecule has 1 unspecified atom stereocenters. The van der Waals surface area contributed by atoms with Crippen molar-refractivity contribution in [1.29, 1.82) is 0 Å². The summed E-state index contributed by atoms with van der Waals surface area (Å²) in [4.78, 5) is 0. The molecule has 0 saturated carbocycles. The monoisotopic (exact) mass is 299 g/mol. The third-order valence-electron chi connectivity index (χ3n) is 3.17. The molecule has 0 heterocycles. The van der Waals surface area contributed by atoms with E-state index in [0.717, 1.165) is 29.2 Å². The lowest BCUT2D eigenvalue weighted by Crippen LogP contribution is -2.23. The van der Waals surface area contributed by atoms with Crippen molar-refractivity contribution in [3.63, 3.8) is 0 Å². The Bertz CT molecular complexity index is 352. The minimum atomic E-state index is 0.694. The predicted octanol–water partition coefficient (Wildman–Crippen LogP) is 3.84. The van der Waals surface area contributed by atoms with Gasteiger partial charge in [0.05, 0.1) is 7.11 Å². The minimum absolute atomic E-state index is 0.694. The lowest BCUT2D eigenvalue weighted by Gasteiger charge is -2.16. The van der Waals surface area contributed by atoms with Gasteiger partial charge in [-0.2, -0.15) is 0 Å². The van der Waals surface area contributed by atoms with E-state index in [1.54, 1.807) is 7.11 Å². The zero-order valence-corrected chi connectivity index (χ0v) is 12.7. The Hall–Kier alpha value is -0.540. The van der Waals surface area contributed by atoms with E-state index in [1.807, 2.05) is 12.1 Å². The van der Waals surface area contributed by atoms with Gasteiger partial charge >= 0.3 is 0 Å². The molecule has 96 valence electrons. The number of halogens is 1. The van der Waals surface area contributed by atoms with Crippen LogP contribution in [0.4, 0.5) is 0 Å². The zero-order chi connectivity index (χ0) is 12.8. The first kappa shape index (κ1) is 14.5. The highest BCUT2D eigenvalue weighted by Gasteiger charge is 2.07. The first-order valence-corrected chi connectivity index (χ1v) is 6.87. The highest BCUT2D eigenvalue weighted by Crippen LogP contribution is 2.22. The fourth-order valence-electron chi connectivity index (χ4n) is 1.48. The molecule has 1 atom stereocenters. The second kappa shape index (κ2) is 7.02. The standard InChI is InChI=1S/C14H22BrNO/c1-10(2)11(3)8-16-9-12-7-13(17-4)5-6-14(12)15/h5-7,10-11,16H,8-9H2,1-4H3. The molecular formula is C14H22BrNO. The van der Waals surface area contributed by atoms with Crippen LogP contribution < -0.4 is 10.1 Å². The van der Waals surface area contributed by atoms with Crippen LogP contribution >= 0.6 is 15.9 Å². The largest absolute Gasteiger partial charge is 0.497 e. The zero-order valence-electron chi connectivity index (χ0n) is 11.1. The van der Waals surface area contributed by atoms with Gasteiger partial charge in [0.15, 0.2) is 0 Å². The molecule has 0 aliphatic heterocycles. The molecule has 17 heavy (non-hydrogen) atoms. The summed E-state index contributed by atoms with van der Waals surface area (Å²) >= 11 is 3.56. The van der Waals surface area contributed by atoms with E-state index < -0.39 is 0 Å². The van der Waals surface area contributed by atoms with Crippen LogP contribution in [0.15, 0.2) is 22.7 Å². The second-order valence-corrected chi connectivity index (χ2v) is 5.66. The van der Waals surface area contributed by atoms with Crippen LogP contribution in [0, 0.1) is 11.8 Å². The maximum Gasteiger partial charge on any atom is 0.119 e. The molecule has 0 spiro atoms. The maximum atomic E-state index is 5.23. The number of benzene rings is 1. The molecule has 2 nitrogen and oxygen atoms in total. The van der Waals surface area contributed by atoms with Crippen molar-refractivity contribution in [1.82, 2.24) is 5.32 Å². The Balaban J connectivity index is 2.51. The van der Waals surface area contributed by atoms with E-state index in [4.69, 9.17) is 4.74 Å². The molecule has 1 aromatic rings. The Morgan fingerprint density at radius 1 is 1.29 bits per heavy atom. The number of hydrogen-bond acceptors (Lipinski definition) is 2. The Labute approximate surface area is 113 Å². The molecule has 0 aromatic heterocycles. The Morgan fingerprint density at radius 2 is 2.00 bits per heavy atom. The number of hydrogen-bond donors (Lipinski definition) is 1. The Morgan fingerprint density at radius 3 is 2.59 bits per heavy atom. The van der Waals surface area contributed by atoms with E-state index in [9.17, 15) is 0 Å². The lowest BCUT2D eigenvalue weighted by molar-refractivity contribution is 0.391. The van der Waals surface area contributed by atoms with E-state index in [2.05, 4.69) is 48.1 Å². The molecular weight excluding hydrogens is 278 g/mol. The van der Waals surface area contributed by atoms with Gasteiger partial charge in [0.25, 0.3) is 0 Å². The van der Waals surface area contributed by atoms with Gasteiger partial charge in [0, 0.05) is 11.0 Å². The quantitative estimate of drug-likeness (QED) is 0.862. The summed E-state index contributed by atoms with van der Waals surface area (Å²) < 4.78 is 6.35. The third kappa shape index (κ3) is 4.68. The van der Waals surface area contributed by atoms with E-state index >= 15 is 0 Å². The summed E-state index contributed by atoms with van der Waals surface area (Å²) in [5.41, 5.74) is 1.24. The van der Waals surface area contributed by atoms with Crippen molar-refractivity contribution in [2.75, 3.05) is 13.7 Å². The van der Waals surface area contributed by atoms with Gasteiger partial charge in [-0.3, -0.25) is 0 Å². The summed E-state index contributed by atoms with van der Waals surface area (Å²) in [7, 11) is 1.70. The summed E-state index contributed by atoms with van der Waals surface area (Å²) in [6.45, 7) is 8.70. The molecule has 0 radical (unpaired) electrons. The SMILES string of the molecule is COc1ccc(Br)c(CNCC(C)C(C)C)c1. The van der Waals surface area contributed by atoms with Gasteiger partial charge in [-0.05, 0) is 42.1 Å². The first-order valence-electron chi connectivity index (χ1n) is 6.07. The van der Waals surface area contributed by atoms with Crippen LogP contribution in [-0.4, -0.2) is 13.7 Å². The van der Waals surface area contributed by atoms with Crippen molar-refractivity contribution >= 4 is 15.9 Å². The highest BCUT2D eigenvalue weighted by atomic mass is 79.9. The topological polar surface area (TPSA) is 21.3 Å². The number of nitrogens with one attached hydrogen (secondary N) is 1. The molecule has 1 rings (SSSR count). The number of ether oxygens (including phenoxy) is 1. The maximum absolute atomic E-state index is 5.23. The highest BCUT2D eigenvalue weighted by molar-refractivity contribution is 9.10. The molecule has 0 bridgehead atoms. The average Bonchev–Trinajstić information content (AvgIpc) is 2.31. The van der Waals surface area contributed by atoms with Gasteiger partial charge < -0.3 is 10.1 Å². The van der Waals surface area contributed by atoms with Crippen LogP contribution in [0.1, 0.15) is 26.3 Å². The molecule has 0 amide bonds. The fraction of sp³-hybridized carbons (Fsp3) is 0.571. The van der Waals surface area contributed by atoms with Crippen molar-refractivity contribution in [2.45, 2.75) is 27.3 Å². The normalized spacial score (nSPS) is 12.8. The second-order valence-electron chi connectivity index (χ2n) is 4.81. The first-order chi connectivity index (χ1) is 8.04. The summed E-state index contributed by atoms with van der Waals surface area (Å²) in [5, 5.41) is 3.49. The van der Waals surface area contributed by atoms with Crippen LogP contribution in [0.3, 0.4) is 0 Å². The molecule has 0 aliphatic rings. The third-order valence-corrected chi connectivity index (χ3v) is 3.95. The van der Waals surface area contributed by atoms with Gasteiger partial charge in [-0.25, -0.2) is 0 Å². The van der Waals surface area contributed by atoms with Crippen molar-refractivity contribution in [2.24, 2.45) is 11.8 Å². The van der Waals surface area contributed by atoms with E-state index in [-0.39, 0.29) is 0 Å². The molecule has 1 N–H and O–H groups in total. The van der Waals surface area contributed by atoms with Crippen molar-refractivity contribution in [3.05, 3.63) is 28.2 Å². The van der Waals surface area contributed by atoms with E-state index in [0.29, 0.717) is 5.92 Å². The summed E-state index contributed by atoms with van der Waals surface area (Å²) in [6, 6.07) is 6.06. The van der Waals surface area contributed by atoms with Crippen LogP contribution in [0.5, 0.6) is 5.75 Å². The van der Waals surface area contributed by atoms with Crippen LogP contribution in [-0.2, 0) is 6.54 Å². The van der Waals surface area contributed by atoms with Crippen molar-refractivity contribution < 1.29 is 4.74 Å². The lowest BCUT2D eigenvalue weighted by atomic mass is 9.98.